The van der Waals surface area contributed by atoms with Gasteiger partial charge in [-0.1, -0.05) is 62.4 Å². The molecule has 0 bridgehead atoms. The van der Waals surface area contributed by atoms with E-state index in [0.717, 1.165) is 63.5 Å². The third-order valence-electron chi connectivity index (χ3n) is 6.47. The highest BCUT2D eigenvalue weighted by Crippen LogP contribution is 2.31. The molecule has 0 spiro atoms. The number of fused-ring (bicyclic) bond motifs is 3. The molecule has 0 saturated carbocycles. The lowest BCUT2D eigenvalue weighted by Gasteiger charge is -2.18. The topological polar surface area (TPSA) is 33.1 Å². The zero-order chi connectivity index (χ0) is 22.3. The third kappa shape index (κ3) is 5.03. The van der Waals surface area contributed by atoms with Crippen LogP contribution >= 0.6 is 0 Å². The molecule has 0 aliphatic heterocycles. The molecule has 0 fully saturated rings. The first-order valence-electron chi connectivity index (χ1n) is 12.1. The van der Waals surface area contributed by atoms with Gasteiger partial charge in [-0.25, -0.2) is 0 Å². The smallest absolute Gasteiger partial charge is 0.0707 e. The molecule has 0 unspecified atom stereocenters. The minimum absolute atomic E-state index is 0.811. The van der Waals surface area contributed by atoms with E-state index in [1.165, 1.54) is 27.4 Å². The highest BCUT2D eigenvalue weighted by Gasteiger charge is 2.14. The molecule has 32 heavy (non-hydrogen) atoms. The fourth-order valence-electron chi connectivity index (χ4n) is 4.74. The average Bonchev–Trinajstić information content (AvgIpc) is 3.14. The number of hydrogen-bond donors (Lipinski definition) is 1. The predicted molar refractivity (Wildman–Crippen MR) is 136 cm³/mol. The molecular weight excluding hydrogens is 392 g/mol. The summed E-state index contributed by atoms with van der Waals surface area (Å²) in [7, 11) is 0. The molecule has 168 valence electrons. The summed E-state index contributed by atoms with van der Waals surface area (Å²) >= 11 is 0. The number of para-hydroxylation sites is 1. The summed E-state index contributed by atoms with van der Waals surface area (Å²) in [4.78, 5) is 7.43. The van der Waals surface area contributed by atoms with E-state index in [2.05, 4.69) is 96.2 Å². The average molecular weight is 429 g/mol. The van der Waals surface area contributed by atoms with E-state index in [0.29, 0.717) is 0 Å². The quantitative estimate of drug-likeness (QED) is 0.317. The molecule has 2 heterocycles. The van der Waals surface area contributed by atoms with Crippen LogP contribution in [0.2, 0.25) is 0 Å². The van der Waals surface area contributed by atoms with Crippen LogP contribution in [0.1, 0.15) is 37.2 Å². The first kappa shape index (κ1) is 22.5. The van der Waals surface area contributed by atoms with E-state index in [4.69, 9.17) is 4.98 Å². The predicted octanol–water partition coefficient (Wildman–Crippen LogP) is 5.56. The summed E-state index contributed by atoms with van der Waals surface area (Å²) in [6.07, 6.45) is 2.21. The first-order chi connectivity index (χ1) is 15.7. The SMILES string of the molecule is CCN(CC)CCNCc1cc2c3ccccc3n(CCCc3ccccc3)c2c(C)n1. The van der Waals surface area contributed by atoms with E-state index in [9.17, 15) is 0 Å². The lowest BCUT2D eigenvalue weighted by atomic mass is 10.1. The second kappa shape index (κ2) is 10.8. The van der Waals surface area contributed by atoms with Crippen LogP contribution in [0.3, 0.4) is 0 Å². The second-order valence-electron chi connectivity index (χ2n) is 8.56. The highest BCUT2D eigenvalue weighted by atomic mass is 15.1. The number of nitrogens with zero attached hydrogens (tertiary/aromatic N) is 3. The van der Waals surface area contributed by atoms with Gasteiger partial charge in [-0.15, -0.1) is 0 Å². The van der Waals surface area contributed by atoms with Crippen molar-refractivity contribution in [2.75, 3.05) is 26.2 Å². The Balaban J connectivity index is 1.55. The number of aryl methyl sites for hydroxylation is 3. The minimum atomic E-state index is 0.811. The van der Waals surface area contributed by atoms with Crippen LogP contribution in [0.5, 0.6) is 0 Å². The van der Waals surface area contributed by atoms with Crippen molar-refractivity contribution in [2.45, 2.75) is 46.7 Å². The molecule has 1 N–H and O–H groups in total. The number of pyridine rings is 1. The Morgan fingerprint density at radius 1 is 0.938 bits per heavy atom. The van der Waals surface area contributed by atoms with E-state index in [1.807, 2.05) is 0 Å². The summed E-state index contributed by atoms with van der Waals surface area (Å²) in [5, 5.41) is 6.25. The van der Waals surface area contributed by atoms with Crippen LogP contribution in [-0.4, -0.2) is 40.6 Å². The van der Waals surface area contributed by atoms with Crippen molar-refractivity contribution in [2.24, 2.45) is 0 Å². The highest BCUT2D eigenvalue weighted by molar-refractivity contribution is 6.08. The van der Waals surface area contributed by atoms with Gasteiger partial charge in [0.2, 0.25) is 0 Å². The molecule has 0 radical (unpaired) electrons. The van der Waals surface area contributed by atoms with E-state index < -0.39 is 0 Å². The standard InChI is InChI=1S/C28H36N4/c1-4-31(5-2)19-17-29-21-24-20-26-25-15-9-10-16-27(25)32(28(26)22(3)30-24)18-11-14-23-12-7-6-8-13-23/h6-10,12-13,15-16,20,29H,4-5,11,14,17-19,21H2,1-3H3. The van der Waals surface area contributed by atoms with Gasteiger partial charge in [-0.05, 0) is 50.6 Å². The van der Waals surface area contributed by atoms with E-state index in [1.54, 1.807) is 0 Å². The summed E-state index contributed by atoms with van der Waals surface area (Å²) < 4.78 is 2.48. The number of hydrogen-bond acceptors (Lipinski definition) is 3. The lowest BCUT2D eigenvalue weighted by Crippen LogP contribution is -2.31. The van der Waals surface area contributed by atoms with Gasteiger partial charge in [0.1, 0.15) is 0 Å². The molecule has 0 atom stereocenters. The van der Waals surface area contributed by atoms with Crippen molar-refractivity contribution in [3.8, 4) is 0 Å². The summed E-state index contributed by atoms with van der Waals surface area (Å²) in [5.74, 6) is 0. The monoisotopic (exact) mass is 428 g/mol. The third-order valence-corrected chi connectivity index (χ3v) is 6.47. The zero-order valence-corrected chi connectivity index (χ0v) is 19.8. The van der Waals surface area contributed by atoms with Gasteiger partial charge in [0.25, 0.3) is 0 Å². The molecule has 2 aromatic heterocycles. The first-order valence-corrected chi connectivity index (χ1v) is 12.1. The van der Waals surface area contributed by atoms with Crippen molar-refractivity contribution in [1.82, 2.24) is 19.8 Å². The Bertz CT molecular complexity index is 1140. The van der Waals surface area contributed by atoms with Crippen LogP contribution in [0.25, 0.3) is 21.8 Å². The maximum absolute atomic E-state index is 4.98. The van der Waals surface area contributed by atoms with Gasteiger partial charge in [-0.2, -0.15) is 0 Å². The molecule has 0 amide bonds. The largest absolute Gasteiger partial charge is 0.339 e. The van der Waals surface area contributed by atoms with Crippen molar-refractivity contribution >= 4 is 21.8 Å². The number of rotatable bonds is 11. The van der Waals surface area contributed by atoms with Crippen molar-refractivity contribution in [3.63, 3.8) is 0 Å². The minimum Gasteiger partial charge on any atom is -0.339 e. The zero-order valence-electron chi connectivity index (χ0n) is 19.8. The summed E-state index contributed by atoms with van der Waals surface area (Å²) in [6, 6.07) is 21.9. The number of likely N-dealkylation sites (N-methyl/N-ethyl adjacent to an activating group) is 1. The Kier molecular flexibility index (Phi) is 7.56. The molecule has 4 rings (SSSR count). The van der Waals surface area contributed by atoms with E-state index >= 15 is 0 Å². The van der Waals surface area contributed by atoms with E-state index in [-0.39, 0.29) is 0 Å². The van der Waals surface area contributed by atoms with Crippen LogP contribution in [-0.2, 0) is 19.5 Å². The van der Waals surface area contributed by atoms with Gasteiger partial charge in [0, 0.05) is 42.5 Å². The van der Waals surface area contributed by atoms with Gasteiger partial charge >= 0.3 is 0 Å². The van der Waals surface area contributed by atoms with Crippen molar-refractivity contribution < 1.29 is 0 Å². The number of benzene rings is 2. The van der Waals surface area contributed by atoms with Crippen LogP contribution in [0, 0.1) is 6.92 Å². The molecule has 0 aliphatic rings. The number of aromatic nitrogens is 2. The molecular formula is C28H36N4. The van der Waals surface area contributed by atoms with Gasteiger partial charge < -0.3 is 14.8 Å². The van der Waals surface area contributed by atoms with Crippen molar-refractivity contribution in [1.29, 1.82) is 0 Å². The van der Waals surface area contributed by atoms with Crippen LogP contribution < -0.4 is 5.32 Å². The Morgan fingerprint density at radius 3 is 2.47 bits per heavy atom. The lowest BCUT2D eigenvalue weighted by molar-refractivity contribution is 0.302. The molecule has 2 aromatic carbocycles. The Morgan fingerprint density at radius 2 is 1.69 bits per heavy atom. The molecule has 0 saturated heterocycles. The molecule has 0 aliphatic carbocycles. The Hall–Kier alpha value is -2.69. The number of nitrogens with one attached hydrogen (secondary N) is 1. The Labute approximate surface area is 192 Å². The molecule has 4 aromatic rings. The molecule has 4 nitrogen and oxygen atoms in total. The fourth-order valence-corrected chi connectivity index (χ4v) is 4.74. The fraction of sp³-hybridized carbons (Fsp3) is 0.393. The van der Waals surface area contributed by atoms with Gasteiger partial charge in [0.05, 0.1) is 16.9 Å². The normalized spacial score (nSPS) is 11.8. The maximum Gasteiger partial charge on any atom is 0.0707 e. The molecule has 4 heteroatoms. The van der Waals surface area contributed by atoms with Crippen molar-refractivity contribution in [3.05, 3.63) is 77.6 Å². The summed E-state index contributed by atoms with van der Waals surface area (Å²) in [6.45, 7) is 12.7. The van der Waals surface area contributed by atoms with Crippen LogP contribution in [0.15, 0.2) is 60.7 Å². The van der Waals surface area contributed by atoms with Gasteiger partial charge in [0.15, 0.2) is 0 Å². The van der Waals surface area contributed by atoms with Gasteiger partial charge in [-0.3, -0.25) is 4.98 Å². The maximum atomic E-state index is 4.98. The second-order valence-corrected chi connectivity index (χ2v) is 8.56. The summed E-state index contributed by atoms with van der Waals surface area (Å²) in [5.41, 5.74) is 6.25. The van der Waals surface area contributed by atoms with Crippen LogP contribution in [0.4, 0.5) is 0 Å².